The minimum Gasteiger partial charge on any atom is -0.454 e. The van der Waals surface area contributed by atoms with Crippen LogP contribution >= 0.6 is 23.4 Å². The van der Waals surface area contributed by atoms with Crippen LogP contribution in [0.3, 0.4) is 0 Å². The number of ether oxygens (including phenoxy) is 2. The molecule has 0 radical (unpaired) electrons. The van der Waals surface area contributed by atoms with E-state index < -0.39 is 0 Å². The van der Waals surface area contributed by atoms with Crippen molar-refractivity contribution in [3.63, 3.8) is 0 Å². The fourth-order valence-corrected chi connectivity index (χ4v) is 2.75. The van der Waals surface area contributed by atoms with Crippen molar-refractivity contribution in [2.45, 2.75) is 4.90 Å². The Kier molecular flexibility index (Phi) is 3.85. The first-order valence-corrected chi connectivity index (χ1v) is 7.40. The van der Waals surface area contributed by atoms with Gasteiger partial charge in [-0.2, -0.15) is 0 Å². The summed E-state index contributed by atoms with van der Waals surface area (Å²) in [6.45, 7) is 0.215. The lowest BCUT2D eigenvalue weighted by molar-refractivity contribution is 0.102. The van der Waals surface area contributed by atoms with E-state index in [4.69, 9.17) is 21.1 Å². The van der Waals surface area contributed by atoms with E-state index in [-0.39, 0.29) is 12.6 Å². The van der Waals surface area contributed by atoms with Crippen molar-refractivity contribution in [3.05, 3.63) is 53.1 Å². The van der Waals surface area contributed by atoms with Crippen LogP contribution in [0.25, 0.3) is 0 Å². The third-order valence-corrected chi connectivity index (χ3v) is 4.14. The smallest absolute Gasteiger partial charge is 0.231 e. The SMILES string of the molecule is O=C(CSc1ccc(Cl)cc1)c1ccc2c(c1)OCO2. The number of carbonyl (C=O) groups excluding carboxylic acids is 1. The van der Waals surface area contributed by atoms with E-state index in [9.17, 15) is 4.79 Å². The van der Waals surface area contributed by atoms with Gasteiger partial charge in [0, 0.05) is 15.5 Å². The van der Waals surface area contributed by atoms with E-state index >= 15 is 0 Å². The predicted octanol–water partition coefficient (Wildman–Crippen LogP) is 4.04. The van der Waals surface area contributed by atoms with E-state index in [2.05, 4.69) is 0 Å². The molecule has 1 heterocycles. The molecule has 3 nitrogen and oxygen atoms in total. The molecule has 0 aliphatic carbocycles. The second-order valence-electron chi connectivity index (χ2n) is 4.23. The number of carbonyl (C=O) groups is 1. The highest BCUT2D eigenvalue weighted by Crippen LogP contribution is 2.33. The summed E-state index contributed by atoms with van der Waals surface area (Å²) in [5.41, 5.74) is 0.635. The quantitative estimate of drug-likeness (QED) is 0.631. The maximum Gasteiger partial charge on any atom is 0.231 e. The molecule has 20 heavy (non-hydrogen) atoms. The molecule has 1 aliphatic heterocycles. The Labute approximate surface area is 125 Å². The highest BCUT2D eigenvalue weighted by atomic mass is 35.5. The lowest BCUT2D eigenvalue weighted by atomic mass is 10.1. The van der Waals surface area contributed by atoms with Gasteiger partial charge in [-0.1, -0.05) is 11.6 Å². The molecule has 0 spiro atoms. The van der Waals surface area contributed by atoms with Gasteiger partial charge in [0.1, 0.15) is 0 Å². The first-order valence-electron chi connectivity index (χ1n) is 6.03. The van der Waals surface area contributed by atoms with E-state index in [0.29, 0.717) is 27.8 Å². The topological polar surface area (TPSA) is 35.5 Å². The molecule has 0 saturated carbocycles. The monoisotopic (exact) mass is 306 g/mol. The van der Waals surface area contributed by atoms with Crippen LogP contribution in [0.15, 0.2) is 47.4 Å². The number of hydrogen-bond donors (Lipinski definition) is 0. The molecule has 0 saturated heterocycles. The number of thioether (sulfide) groups is 1. The number of halogens is 1. The summed E-state index contributed by atoms with van der Waals surface area (Å²) in [6, 6.07) is 12.7. The first-order chi connectivity index (χ1) is 9.72. The zero-order valence-corrected chi connectivity index (χ0v) is 12.0. The zero-order valence-electron chi connectivity index (χ0n) is 10.5. The fourth-order valence-electron chi connectivity index (χ4n) is 1.83. The number of hydrogen-bond acceptors (Lipinski definition) is 4. The van der Waals surface area contributed by atoms with E-state index in [0.717, 1.165) is 4.90 Å². The lowest BCUT2D eigenvalue weighted by Gasteiger charge is -2.03. The summed E-state index contributed by atoms with van der Waals surface area (Å²) in [7, 11) is 0. The first kappa shape index (κ1) is 13.3. The van der Waals surface area contributed by atoms with Crippen molar-refractivity contribution < 1.29 is 14.3 Å². The average molecular weight is 307 g/mol. The van der Waals surface area contributed by atoms with Gasteiger partial charge in [0.25, 0.3) is 0 Å². The Morgan fingerprint density at radius 2 is 1.85 bits per heavy atom. The van der Waals surface area contributed by atoms with Gasteiger partial charge in [-0.15, -0.1) is 11.8 Å². The van der Waals surface area contributed by atoms with Gasteiger partial charge in [-0.25, -0.2) is 0 Å². The molecule has 0 aromatic heterocycles. The van der Waals surface area contributed by atoms with Crippen LogP contribution in [0, 0.1) is 0 Å². The Hall–Kier alpha value is -1.65. The molecule has 0 N–H and O–H groups in total. The van der Waals surface area contributed by atoms with Gasteiger partial charge in [0.2, 0.25) is 6.79 Å². The predicted molar refractivity (Wildman–Crippen MR) is 79.1 cm³/mol. The molecule has 2 aromatic carbocycles. The summed E-state index contributed by atoms with van der Waals surface area (Å²) in [5.74, 6) is 1.75. The van der Waals surface area contributed by atoms with Gasteiger partial charge in [-0.3, -0.25) is 4.79 Å². The number of benzene rings is 2. The highest BCUT2D eigenvalue weighted by molar-refractivity contribution is 8.00. The van der Waals surface area contributed by atoms with Gasteiger partial charge >= 0.3 is 0 Å². The molecule has 0 unspecified atom stereocenters. The Morgan fingerprint density at radius 3 is 2.65 bits per heavy atom. The van der Waals surface area contributed by atoms with Crippen LogP contribution in [-0.2, 0) is 0 Å². The van der Waals surface area contributed by atoms with E-state index in [1.165, 1.54) is 11.8 Å². The van der Waals surface area contributed by atoms with Crippen LogP contribution in [0.5, 0.6) is 11.5 Å². The molecule has 3 rings (SSSR count). The lowest BCUT2D eigenvalue weighted by Crippen LogP contribution is -2.02. The minimum absolute atomic E-state index is 0.0586. The minimum atomic E-state index is 0.0586. The third-order valence-electron chi connectivity index (χ3n) is 2.88. The molecule has 1 aliphatic rings. The van der Waals surface area contributed by atoms with Crippen molar-refractivity contribution in [2.75, 3.05) is 12.5 Å². The Balaban J connectivity index is 1.66. The summed E-state index contributed by atoms with van der Waals surface area (Å²) in [4.78, 5) is 13.2. The number of Topliss-reactive ketones (excluding diaryl/α,β-unsaturated/α-hetero) is 1. The van der Waals surface area contributed by atoms with Crippen LogP contribution in [-0.4, -0.2) is 18.3 Å². The van der Waals surface area contributed by atoms with Gasteiger partial charge in [0.05, 0.1) is 5.75 Å². The molecule has 2 aromatic rings. The molecule has 0 atom stereocenters. The molecule has 0 amide bonds. The van der Waals surface area contributed by atoms with Crippen molar-refractivity contribution >= 4 is 29.1 Å². The Morgan fingerprint density at radius 1 is 1.10 bits per heavy atom. The number of rotatable bonds is 4. The standard InChI is InChI=1S/C15H11ClO3S/c16-11-2-4-12(5-3-11)20-8-13(17)10-1-6-14-15(7-10)19-9-18-14/h1-7H,8-9H2. The summed E-state index contributed by atoms with van der Waals surface area (Å²) in [5, 5.41) is 0.691. The summed E-state index contributed by atoms with van der Waals surface area (Å²) in [6.07, 6.45) is 0. The molecular formula is C15H11ClO3S. The van der Waals surface area contributed by atoms with Crippen LogP contribution < -0.4 is 9.47 Å². The Bertz CT molecular complexity index is 640. The second-order valence-corrected chi connectivity index (χ2v) is 5.72. The molecule has 102 valence electrons. The third kappa shape index (κ3) is 2.92. The average Bonchev–Trinajstić information content (AvgIpc) is 2.93. The van der Waals surface area contributed by atoms with Crippen LogP contribution in [0.2, 0.25) is 5.02 Å². The molecule has 0 bridgehead atoms. The van der Waals surface area contributed by atoms with Crippen LogP contribution in [0.4, 0.5) is 0 Å². The maximum absolute atomic E-state index is 12.1. The largest absolute Gasteiger partial charge is 0.454 e. The number of fused-ring (bicyclic) bond motifs is 1. The van der Waals surface area contributed by atoms with Crippen molar-refractivity contribution in [2.24, 2.45) is 0 Å². The molecule has 0 fully saturated rings. The zero-order chi connectivity index (χ0) is 13.9. The number of ketones is 1. The van der Waals surface area contributed by atoms with Crippen LogP contribution in [0.1, 0.15) is 10.4 Å². The van der Waals surface area contributed by atoms with Crippen molar-refractivity contribution in [1.82, 2.24) is 0 Å². The normalized spacial score (nSPS) is 12.4. The maximum atomic E-state index is 12.1. The summed E-state index contributed by atoms with van der Waals surface area (Å²) >= 11 is 7.31. The highest BCUT2D eigenvalue weighted by Gasteiger charge is 2.16. The van der Waals surface area contributed by atoms with Crippen molar-refractivity contribution in [1.29, 1.82) is 0 Å². The van der Waals surface area contributed by atoms with E-state index in [1.807, 2.05) is 24.3 Å². The van der Waals surface area contributed by atoms with E-state index in [1.54, 1.807) is 18.2 Å². The molecular weight excluding hydrogens is 296 g/mol. The summed E-state index contributed by atoms with van der Waals surface area (Å²) < 4.78 is 10.5. The fraction of sp³-hybridized carbons (Fsp3) is 0.133. The molecule has 5 heteroatoms. The second kappa shape index (κ2) is 5.77. The van der Waals surface area contributed by atoms with Gasteiger partial charge in [-0.05, 0) is 42.5 Å². The van der Waals surface area contributed by atoms with Gasteiger partial charge < -0.3 is 9.47 Å². The van der Waals surface area contributed by atoms with Gasteiger partial charge in [0.15, 0.2) is 17.3 Å². The van der Waals surface area contributed by atoms with Crippen molar-refractivity contribution in [3.8, 4) is 11.5 Å².